The minimum absolute atomic E-state index is 0.563. The highest BCUT2D eigenvalue weighted by Gasteiger charge is 2.20. The molecule has 1 nitrogen and oxygen atoms in total. The van der Waals surface area contributed by atoms with Gasteiger partial charge >= 0.3 is 0 Å². The average molecular weight is 361 g/mol. The van der Waals surface area contributed by atoms with Gasteiger partial charge in [-0.2, -0.15) is 0 Å². The fourth-order valence-electron chi connectivity index (χ4n) is 2.60. The third kappa shape index (κ3) is 3.72. The van der Waals surface area contributed by atoms with Gasteiger partial charge in [-0.15, -0.1) is 0 Å². The van der Waals surface area contributed by atoms with Crippen molar-refractivity contribution in [2.75, 3.05) is 5.32 Å². The molecule has 0 bridgehead atoms. The average Bonchev–Trinajstić information content (AvgIpc) is 2.34. The minimum atomic E-state index is 0.563. The number of hydrogen-bond donors (Lipinski definition) is 1. The fourth-order valence-corrected chi connectivity index (χ4v) is 3.77. The van der Waals surface area contributed by atoms with Gasteiger partial charge in [0.25, 0.3) is 0 Å². The van der Waals surface area contributed by atoms with Crippen LogP contribution < -0.4 is 5.32 Å². The van der Waals surface area contributed by atoms with Crippen molar-refractivity contribution in [2.45, 2.75) is 45.1 Å². The van der Waals surface area contributed by atoms with E-state index in [1.807, 2.05) is 0 Å². The van der Waals surface area contributed by atoms with Gasteiger partial charge in [-0.1, -0.05) is 35.2 Å². The molecule has 1 unspecified atom stereocenters. The Kier molecular flexibility index (Phi) is 4.92. The van der Waals surface area contributed by atoms with Crippen molar-refractivity contribution in [2.24, 2.45) is 5.92 Å². The highest BCUT2D eigenvalue weighted by Crippen LogP contribution is 2.31. The van der Waals surface area contributed by atoms with Gasteiger partial charge in [0.1, 0.15) is 0 Å². The van der Waals surface area contributed by atoms with E-state index in [1.165, 1.54) is 37.8 Å². The molecule has 17 heavy (non-hydrogen) atoms. The van der Waals surface area contributed by atoms with Crippen molar-refractivity contribution in [3.8, 4) is 0 Å². The Bertz CT molecular complexity index is 372. The first-order valence-corrected chi connectivity index (χ1v) is 7.97. The van der Waals surface area contributed by atoms with Crippen LogP contribution in [0.4, 0.5) is 5.69 Å². The van der Waals surface area contributed by atoms with E-state index in [0.717, 1.165) is 14.9 Å². The summed E-state index contributed by atoms with van der Waals surface area (Å²) in [5, 5.41) is 3.64. The van der Waals surface area contributed by atoms with Crippen LogP contribution >= 0.6 is 31.9 Å². The van der Waals surface area contributed by atoms with Crippen LogP contribution in [0.25, 0.3) is 0 Å². The SMILES string of the molecule is CC(Nc1ccc(Br)cc1Br)C1CCCCC1. The topological polar surface area (TPSA) is 12.0 Å². The van der Waals surface area contributed by atoms with E-state index < -0.39 is 0 Å². The Labute approximate surface area is 121 Å². The Balaban J connectivity index is 1.99. The summed E-state index contributed by atoms with van der Waals surface area (Å²) in [6.45, 7) is 2.31. The molecule has 1 aliphatic rings. The van der Waals surface area contributed by atoms with Crippen LogP contribution in [0.2, 0.25) is 0 Å². The highest BCUT2D eigenvalue weighted by molar-refractivity contribution is 9.11. The summed E-state index contributed by atoms with van der Waals surface area (Å²) in [6, 6.07) is 6.87. The molecule has 2 rings (SSSR count). The van der Waals surface area contributed by atoms with E-state index in [2.05, 4.69) is 62.3 Å². The third-order valence-corrected chi connectivity index (χ3v) is 4.82. The Morgan fingerprint density at radius 2 is 1.88 bits per heavy atom. The Hall–Kier alpha value is -0.0200. The van der Waals surface area contributed by atoms with Crippen molar-refractivity contribution in [3.63, 3.8) is 0 Å². The maximum Gasteiger partial charge on any atom is 0.0487 e. The van der Waals surface area contributed by atoms with Gasteiger partial charge in [0.05, 0.1) is 0 Å². The minimum Gasteiger partial charge on any atom is -0.381 e. The first kappa shape index (κ1) is 13.4. The molecule has 0 heterocycles. The molecule has 1 saturated carbocycles. The monoisotopic (exact) mass is 359 g/mol. The molecule has 3 heteroatoms. The summed E-state index contributed by atoms with van der Waals surface area (Å²) < 4.78 is 2.25. The van der Waals surface area contributed by atoms with Gasteiger partial charge in [-0.3, -0.25) is 0 Å². The van der Waals surface area contributed by atoms with Crippen molar-refractivity contribution < 1.29 is 0 Å². The highest BCUT2D eigenvalue weighted by atomic mass is 79.9. The normalized spacial score (nSPS) is 19.0. The predicted octanol–water partition coefficient (Wildman–Crippen LogP) is 5.59. The van der Waals surface area contributed by atoms with Crippen LogP contribution in [0.1, 0.15) is 39.0 Å². The molecular formula is C14H19Br2N. The first-order valence-electron chi connectivity index (χ1n) is 6.38. The smallest absolute Gasteiger partial charge is 0.0487 e. The van der Waals surface area contributed by atoms with Crippen molar-refractivity contribution in [1.29, 1.82) is 0 Å². The van der Waals surface area contributed by atoms with E-state index in [0.29, 0.717) is 6.04 Å². The Morgan fingerprint density at radius 3 is 2.53 bits per heavy atom. The van der Waals surface area contributed by atoms with E-state index in [1.54, 1.807) is 0 Å². The molecule has 0 saturated heterocycles. The lowest BCUT2D eigenvalue weighted by Crippen LogP contribution is -2.27. The van der Waals surface area contributed by atoms with E-state index in [9.17, 15) is 0 Å². The van der Waals surface area contributed by atoms with Crippen LogP contribution in [0.15, 0.2) is 27.1 Å². The molecule has 0 aromatic heterocycles. The number of halogens is 2. The molecule has 1 N–H and O–H groups in total. The molecule has 0 amide bonds. The second-order valence-electron chi connectivity index (χ2n) is 4.96. The van der Waals surface area contributed by atoms with E-state index in [4.69, 9.17) is 0 Å². The molecule has 0 spiro atoms. The van der Waals surface area contributed by atoms with E-state index >= 15 is 0 Å². The van der Waals surface area contributed by atoms with Gasteiger partial charge in [-0.05, 0) is 59.8 Å². The first-order chi connectivity index (χ1) is 8.16. The predicted molar refractivity (Wildman–Crippen MR) is 81.5 cm³/mol. The summed E-state index contributed by atoms with van der Waals surface area (Å²) in [7, 11) is 0. The van der Waals surface area contributed by atoms with Gasteiger partial charge < -0.3 is 5.32 Å². The van der Waals surface area contributed by atoms with E-state index in [-0.39, 0.29) is 0 Å². The Morgan fingerprint density at radius 1 is 1.18 bits per heavy atom. The lowest BCUT2D eigenvalue weighted by molar-refractivity contribution is 0.328. The van der Waals surface area contributed by atoms with Crippen LogP contribution in [0.3, 0.4) is 0 Å². The largest absolute Gasteiger partial charge is 0.381 e. The number of rotatable bonds is 3. The standard InChI is InChI=1S/C14H19Br2N/c1-10(11-5-3-2-4-6-11)17-14-8-7-12(15)9-13(14)16/h7-11,17H,2-6H2,1H3. The maximum atomic E-state index is 3.64. The molecule has 1 aliphatic carbocycles. The van der Waals surface area contributed by atoms with Crippen LogP contribution in [0, 0.1) is 5.92 Å². The third-order valence-electron chi connectivity index (χ3n) is 3.67. The van der Waals surface area contributed by atoms with Crippen molar-refractivity contribution >= 4 is 37.5 Å². The fraction of sp³-hybridized carbons (Fsp3) is 0.571. The molecular weight excluding hydrogens is 342 g/mol. The molecule has 1 atom stereocenters. The summed E-state index contributed by atoms with van der Waals surface area (Å²) in [6.07, 6.45) is 6.98. The van der Waals surface area contributed by atoms with Gasteiger partial charge in [-0.25, -0.2) is 0 Å². The molecule has 0 radical (unpaired) electrons. The maximum absolute atomic E-state index is 3.64. The van der Waals surface area contributed by atoms with Gasteiger partial charge in [0.2, 0.25) is 0 Å². The van der Waals surface area contributed by atoms with Crippen LogP contribution in [-0.2, 0) is 0 Å². The number of hydrogen-bond acceptors (Lipinski definition) is 1. The second kappa shape index (κ2) is 6.24. The second-order valence-corrected chi connectivity index (χ2v) is 6.73. The zero-order valence-electron chi connectivity index (χ0n) is 10.2. The lowest BCUT2D eigenvalue weighted by Gasteiger charge is -2.29. The van der Waals surface area contributed by atoms with Crippen LogP contribution in [0.5, 0.6) is 0 Å². The zero-order valence-corrected chi connectivity index (χ0v) is 13.4. The summed E-state index contributed by atoms with van der Waals surface area (Å²) >= 11 is 7.09. The number of anilines is 1. The van der Waals surface area contributed by atoms with Gasteiger partial charge in [0.15, 0.2) is 0 Å². The van der Waals surface area contributed by atoms with Crippen molar-refractivity contribution in [3.05, 3.63) is 27.1 Å². The lowest BCUT2D eigenvalue weighted by atomic mass is 9.84. The molecule has 94 valence electrons. The molecule has 1 aromatic carbocycles. The summed E-state index contributed by atoms with van der Waals surface area (Å²) in [4.78, 5) is 0. The quantitative estimate of drug-likeness (QED) is 0.740. The molecule has 1 aromatic rings. The van der Waals surface area contributed by atoms with Crippen LogP contribution in [-0.4, -0.2) is 6.04 Å². The zero-order chi connectivity index (χ0) is 12.3. The molecule has 0 aliphatic heterocycles. The summed E-state index contributed by atoms with van der Waals surface area (Å²) in [5.74, 6) is 0.833. The van der Waals surface area contributed by atoms with Gasteiger partial charge in [0, 0.05) is 20.7 Å². The van der Waals surface area contributed by atoms with Crippen molar-refractivity contribution in [1.82, 2.24) is 0 Å². The molecule has 1 fully saturated rings. The number of nitrogens with one attached hydrogen (secondary N) is 1. The summed E-state index contributed by atoms with van der Waals surface area (Å²) in [5.41, 5.74) is 1.20. The number of benzene rings is 1.